The summed E-state index contributed by atoms with van der Waals surface area (Å²) >= 11 is 0. The number of amides is 1. The molecule has 124 valence electrons. The van der Waals surface area contributed by atoms with Crippen molar-refractivity contribution < 1.29 is 9.59 Å². The van der Waals surface area contributed by atoms with Crippen molar-refractivity contribution in [2.24, 2.45) is 17.1 Å². The predicted molar refractivity (Wildman–Crippen MR) is 87.0 cm³/mol. The van der Waals surface area contributed by atoms with Crippen LogP contribution in [-0.2, 0) is 9.59 Å². The minimum absolute atomic E-state index is 0.00480. The van der Waals surface area contributed by atoms with Gasteiger partial charge in [0.05, 0.1) is 18.6 Å². The summed E-state index contributed by atoms with van der Waals surface area (Å²) in [6, 6.07) is -0.806. The van der Waals surface area contributed by atoms with Gasteiger partial charge in [-0.05, 0) is 31.7 Å². The van der Waals surface area contributed by atoms with Crippen LogP contribution >= 0.6 is 0 Å². The largest absolute Gasteiger partial charge is 0.354 e. The first-order valence-corrected chi connectivity index (χ1v) is 7.70. The third-order valence-corrected chi connectivity index (χ3v) is 3.37. The molecule has 0 aliphatic carbocycles. The van der Waals surface area contributed by atoms with Gasteiger partial charge in [-0.25, -0.2) is 0 Å². The lowest BCUT2D eigenvalue weighted by Crippen LogP contribution is -2.49. The highest BCUT2D eigenvalue weighted by Crippen LogP contribution is 2.10. The zero-order valence-corrected chi connectivity index (χ0v) is 14.7. The molecule has 0 heterocycles. The van der Waals surface area contributed by atoms with Crippen molar-refractivity contribution in [3.8, 4) is 0 Å². The lowest BCUT2D eigenvalue weighted by Gasteiger charge is -2.26. The van der Waals surface area contributed by atoms with E-state index in [1.807, 2.05) is 13.8 Å². The van der Waals surface area contributed by atoms with Gasteiger partial charge in [0.2, 0.25) is 5.91 Å². The number of carbonyl (C=O) groups is 2. The predicted octanol–water partition coefficient (Wildman–Crippen LogP) is 1.41. The van der Waals surface area contributed by atoms with Crippen LogP contribution in [0.2, 0.25) is 0 Å². The first kappa shape index (κ1) is 20.1. The number of hydrogen-bond donors (Lipinski definition) is 2. The minimum atomic E-state index is -0.458. The molecule has 5 heteroatoms. The fourth-order valence-electron chi connectivity index (χ4n) is 1.93. The van der Waals surface area contributed by atoms with Crippen LogP contribution in [0.25, 0.3) is 0 Å². The van der Waals surface area contributed by atoms with Crippen molar-refractivity contribution in [1.82, 2.24) is 10.2 Å². The third kappa shape index (κ3) is 8.83. The Hall–Kier alpha value is -0.940. The molecule has 21 heavy (non-hydrogen) atoms. The standard InChI is InChI=1S/C16H33N3O2/c1-11(2)8-13(17)15(21)12(3)19(7)9-14(20)18-10-16(4,5)6/h11-13H,8-10,17H2,1-7H3,(H,18,20)/t12?,13-/m1/s1. The first-order valence-electron chi connectivity index (χ1n) is 7.70. The topological polar surface area (TPSA) is 75.4 Å². The number of rotatable bonds is 8. The molecule has 0 aromatic carbocycles. The summed E-state index contributed by atoms with van der Waals surface area (Å²) in [6.45, 7) is 12.9. The number of nitrogens with zero attached hydrogens (tertiary/aromatic N) is 1. The maximum absolute atomic E-state index is 12.2. The molecule has 2 atom stereocenters. The quantitative estimate of drug-likeness (QED) is 0.710. The number of hydrogen-bond acceptors (Lipinski definition) is 4. The van der Waals surface area contributed by atoms with E-state index in [2.05, 4.69) is 26.1 Å². The van der Waals surface area contributed by atoms with Crippen molar-refractivity contribution in [2.75, 3.05) is 20.1 Å². The Balaban J connectivity index is 4.34. The molecule has 0 aliphatic heterocycles. The highest BCUT2D eigenvalue weighted by Gasteiger charge is 2.25. The van der Waals surface area contributed by atoms with Crippen LogP contribution < -0.4 is 11.1 Å². The van der Waals surface area contributed by atoms with Gasteiger partial charge in [0, 0.05) is 6.54 Å². The Morgan fingerprint density at radius 1 is 1.19 bits per heavy atom. The van der Waals surface area contributed by atoms with Crippen LogP contribution in [0, 0.1) is 11.3 Å². The fraction of sp³-hybridized carbons (Fsp3) is 0.875. The lowest BCUT2D eigenvalue weighted by molar-refractivity contribution is -0.127. The summed E-state index contributed by atoms with van der Waals surface area (Å²) in [4.78, 5) is 25.9. The van der Waals surface area contributed by atoms with Gasteiger partial charge in [0.25, 0.3) is 0 Å². The van der Waals surface area contributed by atoms with E-state index in [0.29, 0.717) is 18.9 Å². The van der Waals surface area contributed by atoms with Crippen molar-refractivity contribution in [3.63, 3.8) is 0 Å². The van der Waals surface area contributed by atoms with E-state index in [4.69, 9.17) is 5.73 Å². The Morgan fingerprint density at radius 2 is 1.71 bits per heavy atom. The van der Waals surface area contributed by atoms with Gasteiger partial charge in [-0.2, -0.15) is 0 Å². The van der Waals surface area contributed by atoms with E-state index >= 15 is 0 Å². The smallest absolute Gasteiger partial charge is 0.234 e. The summed E-state index contributed by atoms with van der Waals surface area (Å²) in [7, 11) is 1.78. The van der Waals surface area contributed by atoms with Crippen LogP contribution in [0.1, 0.15) is 48.0 Å². The highest BCUT2D eigenvalue weighted by molar-refractivity contribution is 5.89. The second-order valence-corrected chi connectivity index (χ2v) is 7.57. The SMILES string of the molecule is CC(C)C[C@@H](N)C(=O)C(C)N(C)CC(=O)NCC(C)(C)C. The molecular formula is C16H33N3O2. The van der Waals surface area contributed by atoms with E-state index in [1.165, 1.54) is 0 Å². The summed E-state index contributed by atoms with van der Waals surface area (Å²) in [5.41, 5.74) is 5.98. The van der Waals surface area contributed by atoms with E-state index in [0.717, 1.165) is 0 Å². The number of nitrogens with one attached hydrogen (secondary N) is 1. The van der Waals surface area contributed by atoms with Gasteiger partial charge in [0.15, 0.2) is 5.78 Å². The number of likely N-dealkylation sites (N-methyl/N-ethyl adjacent to an activating group) is 1. The average Bonchev–Trinajstić information content (AvgIpc) is 2.32. The first-order chi connectivity index (χ1) is 9.44. The minimum Gasteiger partial charge on any atom is -0.354 e. The second-order valence-electron chi connectivity index (χ2n) is 7.57. The van der Waals surface area contributed by atoms with Gasteiger partial charge in [-0.1, -0.05) is 34.6 Å². The molecule has 0 saturated carbocycles. The Bertz CT molecular complexity index is 348. The summed E-state index contributed by atoms with van der Waals surface area (Å²) < 4.78 is 0. The van der Waals surface area contributed by atoms with E-state index in [9.17, 15) is 9.59 Å². The molecule has 0 radical (unpaired) electrons. The molecule has 1 amide bonds. The molecule has 0 fully saturated rings. The molecule has 0 aromatic heterocycles. The maximum atomic E-state index is 12.2. The summed E-state index contributed by atoms with van der Waals surface area (Å²) in [6.07, 6.45) is 0.674. The Morgan fingerprint density at radius 3 is 2.14 bits per heavy atom. The van der Waals surface area contributed by atoms with Gasteiger partial charge >= 0.3 is 0 Å². The Labute approximate surface area is 129 Å². The monoisotopic (exact) mass is 299 g/mol. The van der Waals surface area contributed by atoms with E-state index in [-0.39, 0.29) is 29.7 Å². The molecule has 0 bridgehead atoms. The van der Waals surface area contributed by atoms with Gasteiger partial charge in [-0.15, -0.1) is 0 Å². The summed E-state index contributed by atoms with van der Waals surface area (Å²) in [5.74, 6) is 0.316. The number of ketones is 1. The molecule has 1 unspecified atom stereocenters. The van der Waals surface area contributed by atoms with Crippen LogP contribution in [0.15, 0.2) is 0 Å². The van der Waals surface area contributed by atoms with Gasteiger partial charge in [0.1, 0.15) is 0 Å². The molecule has 0 aromatic rings. The highest BCUT2D eigenvalue weighted by atomic mass is 16.2. The fourth-order valence-corrected chi connectivity index (χ4v) is 1.93. The van der Waals surface area contributed by atoms with Crippen molar-refractivity contribution in [3.05, 3.63) is 0 Å². The molecule has 5 nitrogen and oxygen atoms in total. The van der Waals surface area contributed by atoms with Crippen molar-refractivity contribution in [1.29, 1.82) is 0 Å². The van der Waals surface area contributed by atoms with Crippen LogP contribution in [0.3, 0.4) is 0 Å². The Kier molecular flexibility index (Phi) is 8.11. The van der Waals surface area contributed by atoms with Crippen LogP contribution in [-0.4, -0.2) is 48.8 Å². The zero-order chi connectivity index (χ0) is 16.8. The number of nitrogens with two attached hydrogens (primary N) is 1. The third-order valence-electron chi connectivity index (χ3n) is 3.37. The zero-order valence-electron chi connectivity index (χ0n) is 14.7. The van der Waals surface area contributed by atoms with Crippen LogP contribution in [0.5, 0.6) is 0 Å². The van der Waals surface area contributed by atoms with E-state index < -0.39 is 6.04 Å². The van der Waals surface area contributed by atoms with Gasteiger partial charge < -0.3 is 11.1 Å². The molecule has 0 rings (SSSR count). The summed E-state index contributed by atoms with van der Waals surface area (Å²) in [5, 5.41) is 2.89. The molecule has 0 aliphatic rings. The number of carbonyl (C=O) groups excluding carboxylic acids is 2. The van der Waals surface area contributed by atoms with E-state index in [1.54, 1.807) is 18.9 Å². The lowest BCUT2D eigenvalue weighted by atomic mass is 9.97. The van der Waals surface area contributed by atoms with Gasteiger partial charge in [-0.3, -0.25) is 14.5 Å². The molecule has 3 N–H and O–H groups in total. The average molecular weight is 299 g/mol. The maximum Gasteiger partial charge on any atom is 0.234 e. The van der Waals surface area contributed by atoms with Crippen LogP contribution in [0.4, 0.5) is 0 Å². The molecular weight excluding hydrogens is 266 g/mol. The second kappa shape index (κ2) is 8.49. The molecule has 0 spiro atoms. The molecule has 0 saturated heterocycles. The normalized spacial score (nSPS) is 15.1. The number of Topliss-reactive ketones (excluding diaryl/α,β-unsaturated/α-hetero) is 1. The van der Waals surface area contributed by atoms with Crippen molar-refractivity contribution >= 4 is 11.7 Å². The van der Waals surface area contributed by atoms with Crippen molar-refractivity contribution in [2.45, 2.75) is 60.0 Å².